The van der Waals surface area contributed by atoms with Crippen LogP contribution in [0.3, 0.4) is 0 Å². The fraction of sp³-hybridized carbons (Fsp3) is 0.297. The van der Waals surface area contributed by atoms with E-state index in [1.807, 2.05) is 73.7 Å². The van der Waals surface area contributed by atoms with Gasteiger partial charge in [0, 0.05) is 19.0 Å². The van der Waals surface area contributed by atoms with Gasteiger partial charge in [-0.2, -0.15) is 0 Å². The Morgan fingerprint density at radius 2 is 1.38 bits per heavy atom. The van der Waals surface area contributed by atoms with Gasteiger partial charge in [0.05, 0.1) is 10.6 Å². The van der Waals surface area contributed by atoms with E-state index < -0.39 is 28.5 Å². The molecule has 0 unspecified atom stereocenters. The van der Waals surface area contributed by atoms with Crippen molar-refractivity contribution in [2.45, 2.75) is 69.0 Å². The Morgan fingerprint density at radius 1 is 0.778 bits per heavy atom. The number of sulfonamides is 1. The molecule has 0 saturated heterocycles. The van der Waals surface area contributed by atoms with Crippen LogP contribution in [0.15, 0.2) is 120 Å². The van der Waals surface area contributed by atoms with E-state index in [1.165, 1.54) is 12.1 Å². The van der Waals surface area contributed by atoms with Crippen LogP contribution >= 0.6 is 0 Å². The summed E-state index contributed by atoms with van der Waals surface area (Å²) in [4.78, 5) is 30.3. The first kappa shape index (κ1) is 32.0. The minimum Gasteiger partial charge on any atom is -0.352 e. The van der Waals surface area contributed by atoms with Gasteiger partial charge in [-0.05, 0) is 60.7 Å². The summed E-state index contributed by atoms with van der Waals surface area (Å²) in [5.74, 6) is -0.678. The Labute approximate surface area is 266 Å². The Bertz CT molecular complexity index is 1660. The Morgan fingerprint density at radius 3 is 2.00 bits per heavy atom. The maximum absolute atomic E-state index is 14.6. The molecule has 2 amide bonds. The first-order valence-electron chi connectivity index (χ1n) is 15.6. The van der Waals surface area contributed by atoms with Gasteiger partial charge in [0.1, 0.15) is 12.6 Å². The quantitative estimate of drug-likeness (QED) is 0.201. The highest BCUT2D eigenvalue weighted by molar-refractivity contribution is 7.92. The summed E-state index contributed by atoms with van der Waals surface area (Å²) in [7, 11) is -4.11. The van der Waals surface area contributed by atoms with Crippen molar-refractivity contribution in [3.8, 4) is 0 Å². The molecule has 0 heterocycles. The van der Waals surface area contributed by atoms with Crippen LogP contribution in [0.1, 0.15) is 48.8 Å². The summed E-state index contributed by atoms with van der Waals surface area (Å²) in [5, 5.41) is 3.24. The van der Waals surface area contributed by atoms with Crippen molar-refractivity contribution in [1.29, 1.82) is 0 Å². The highest BCUT2D eigenvalue weighted by Gasteiger charge is 2.35. The van der Waals surface area contributed by atoms with Crippen LogP contribution < -0.4 is 9.62 Å². The monoisotopic (exact) mass is 623 g/mol. The lowest BCUT2D eigenvalue weighted by Gasteiger charge is -2.35. The maximum Gasteiger partial charge on any atom is 0.264 e. The minimum absolute atomic E-state index is 0.0560. The summed E-state index contributed by atoms with van der Waals surface area (Å²) in [5.41, 5.74) is 3.02. The van der Waals surface area contributed by atoms with Crippen LogP contribution in [0.5, 0.6) is 0 Å². The van der Waals surface area contributed by atoms with Crippen LogP contribution in [0.25, 0.3) is 0 Å². The molecule has 1 N–H and O–H groups in total. The Hall–Kier alpha value is -4.43. The number of nitrogens with one attached hydrogen (secondary N) is 1. The molecule has 7 nitrogen and oxygen atoms in total. The van der Waals surface area contributed by atoms with Gasteiger partial charge in [0.2, 0.25) is 11.8 Å². The number of aryl methyl sites for hydroxylation is 1. The molecule has 8 heteroatoms. The highest BCUT2D eigenvalue weighted by atomic mass is 32.2. The van der Waals surface area contributed by atoms with Gasteiger partial charge < -0.3 is 10.2 Å². The van der Waals surface area contributed by atoms with Crippen LogP contribution in [0.2, 0.25) is 0 Å². The normalized spacial score (nSPS) is 14.3. The summed E-state index contributed by atoms with van der Waals surface area (Å²) in [6, 6.07) is 33.6. The molecule has 0 bridgehead atoms. The zero-order valence-electron chi connectivity index (χ0n) is 25.7. The molecule has 0 radical (unpaired) electrons. The van der Waals surface area contributed by atoms with Gasteiger partial charge in [-0.25, -0.2) is 8.42 Å². The predicted molar refractivity (Wildman–Crippen MR) is 178 cm³/mol. The van der Waals surface area contributed by atoms with E-state index >= 15 is 0 Å². The molecule has 4 aromatic rings. The molecule has 1 atom stereocenters. The van der Waals surface area contributed by atoms with Crippen LogP contribution in [-0.4, -0.2) is 43.8 Å². The largest absolute Gasteiger partial charge is 0.352 e. The molecule has 1 aliphatic carbocycles. The standard InChI is InChI=1S/C37H41N3O4S/c1-29-15-14-22-33(25-29)40(45(43,44)34-23-12-5-13-24-34)28-36(41)39(27-31-18-8-3-9-19-31)35(26-30-16-6-2-7-17-30)37(42)38-32-20-10-4-11-21-32/h2-3,5-9,12-19,22-25,32,35H,4,10-11,20-21,26-28H2,1H3,(H,38,42)/t35-/m1/s1. The molecule has 0 aromatic heterocycles. The van der Waals surface area contributed by atoms with E-state index in [0.717, 1.165) is 53.1 Å². The second kappa shape index (κ2) is 15.0. The van der Waals surface area contributed by atoms with Crippen molar-refractivity contribution in [2.75, 3.05) is 10.8 Å². The first-order valence-corrected chi connectivity index (χ1v) is 17.1. The van der Waals surface area contributed by atoms with Crippen molar-refractivity contribution in [1.82, 2.24) is 10.2 Å². The molecule has 5 rings (SSSR count). The summed E-state index contributed by atoms with van der Waals surface area (Å²) in [6.45, 7) is 1.57. The average Bonchev–Trinajstić information content (AvgIpc) is 3.07. The van der Waals surface area contributed by atoms with Crippen molar-refractivity contribution in [3.63, 3.8) is 0 Å². The first-order chi connectivity index (χ1) is 21.8. The Balaban J connectivity index is 1.54. The zero-order valence-corrected chi connectivity index (χ0v) is 26.5. The molecule has 45 heavy (non-hydrogen) atoms. The molecule has 1 aliphatic rings. The third-order valence-electron chi connectivity index (χ3n) is 8.32. The molecular weight excluding hydrogens is 582 g/mol. The fourth-order valence-electron chi connectivity index (χ4n) is 5.91. The second-order valence-corrected chi connectivity index (χ2v) is 13.6. The number of amides is 2. The zero-order chi connectivity index (χ0) is 31.6. The van der Waals surface area contributed by atoms with Crippen molar-refractivity contribution < 1.29 is 18.0 Å². The number of hydrogen-bond donors (Lipinski definition) is 1. The molecular formula is C37H41N3O4S. The average molecular weight is 624 g/mol. The van der Waals surface area contributed by atoms with Crippen molar-refractivity contribution >= 4 is 27.5 Å². The van der Waals surface area contributed by atoms with Crippen LogP contribution in [0.4, 0.5) is 5.69 Å². The fourth-order valence-corrected chi connectivity index (χ4v) is 7.34. The van der Waals surface area contributed by atoms with E-state index in [1.54, 1.807) is 41.3 Å². The predicted octanol–water partition coefficient (Wildman–Crippen LogP) is 6.28. The second-order valence-electron chi connectivity index (χ2n) is 11.7. The van der Waals surface area contributed by atoms with E-state index in [2.05, 4.69) is 5.32 Å². The number of nitrogens with zero attached hydrogens (tertiary/aromatic N) is 2. The smallest absolute Gasteiger partial charge is 0.264 e. The van der Waals surface area contributed by atoms with E-state index in [9.17, 15) is 18.0 Å². The number of benzene rings is 4. The van der Waals surface area contributed by atoms with Gasteiger partial charge in [0.15, 0.2) is 0 Å². The number of carbonyl (C=O) groups excluding carboxylic acids is 2. The Kier molecular flexibility index (Phi) is 10.7. The van der Waals surface area contributed by atoms with E-state index in [4.69, 9.17) is 0 Å². The SMILES string of the molecule is Cc1cccc(N(CC(=O)N(Cc2ccccc2)[C@H](Cc2ccccc2)C(=O)NC2CCCCC2)S(=O)(=O)c2ccccc2)c1. The summed E-state index contributed by atoms with van der Waals surface area (Å²) >= 11 is 0. The van der Waals surface area contributed by atoms with E-state index in [0.29, 0.717) is 12.1 Å². The van der Waals surface area contributed by atoms with E-state index in [-0.39, 0.29) is 23.4 Å². The van der Waals surface area contributed by atoms with Crippen molar-refractivity contribution in [2.24, 2.45) is 0 Å². The van der Waals surface area contributed by atoms with Crippen LogP contribution in [0, 0.1) is 6.92 Å². The van der Waals surface area contributed by atoms with Gasteiger partial charge in [-0.15, -0.1) is 0 Å². The lowest BCUT2D eigenvalue weighted by molar-refractivity contribution is -0.140. The number of rotatable bonds is 12. The van der Waals surface area contributed by atoms with Crippen LogP contribution in [-0.2, 0) is 32.6 Å². The summed E-state index contributed by atoms with van der Waals surface area (Å²) in [6.07, 6.45) is 5.39. The van der Waals surface area contributed by atoms with Gasteiger partial charge in [-0.1, -0.05) is 110 Å². The maximum atomic E-state index is 14.6. The number of hydrogen-bond acceptors (Lipinski definition) is 4. The highest BCUT2D eigenvalue weighted by Crippen LogP contribution is 2.26. The van der Waals surface area contributed by atoms with Crippen molar-refractivity contribution in [3.05, 3.63) is 132 Å². The van der Waals surface area contributed by atoms with Gasteiger partial charge in [0.25, 0.3) is 10.0 Å². The molecule has 0 aliphatic heterocycles. The lowest BCUT2D eigenvalue weighted by atomic mass is 9.94. The lowest BCUT2D eigenvalue weighted by Crippen LogP contribution is -2.55. The third-order valence-corrected chi connectivity index (χ3v) is 10.1. The third kappa shape index (κ3) is 8.39. The molecule has 234 valence electrons. The minimum atomic E-state index is -4.11. The molecule has 0 spiro atoms. The van der Waals surface area contributed by atoms with Gasteiger partial charge >= 0.3 is 0 Å². The number of anilines is 1. The summed E-state index contributed by atoms with van der Waals surface area (Å²) < 4.78 is 29.3. The molecule has 4 aromatic carbocycles. The number of carbonyl (C=O) groups is 2. The van der Waals surface area contributed by atoms with Gasteiger partial charge in [-0.3, -0.25) is 13.9 Å². The molecule has 1 saturated carbocycles. The topological polar surface area (TPSA) is 86.8 Å². The molecule has 1 fully saturated rings.